The van der Waals surface area contributed by atoms with E-state index in [4.69, 9.17) is 22.1 Å². The Hall–Kier alpha value is -2.12. The summed E-state index contributed by atoms with van der Waals surface area (Å²) in [6.07, 6.45) is 2.26. The quantitative estimate of drug-likeness (QED) is 0.611. The highest BCUT2D eigenvalue weighted by molar-refractivity contribution is 6.30. The normalized spacial score (nSPS) is 24.8. The number of aromatic nitrogens is 2. The second-order valence-electron chi connectivity index (χ2n) is 7.32. The number of rotatable bonds is 5. The maximum absolute atomic E-state index is 10.7. The highest BCUT2D eigenvalue weighted by Crippen LogP contribution is 2.37. The topological polar surface area (TPSA) is 93.5 Å². The molecule has 2 aromatic heterocycles. The Labute approximate surface area is 168 Å². The number of nitrogens with two attached hydrogens (primary N) is 1. The first kappa shape index (κ1) is 19.2. The van der Waals surface area contributed by atoms with Crippen molar-refractivity contribution < 1.29 is 14.9 Å². The number of aryl methyl sites for hydroxylation is 1. The maximum atomic E-state index is 10.7. The summed E-state index contributed by atoms with van der Waals surface area (Å²) < 4.78 is 8.04. The molecule has 3 aromatic rings. The summed E-state index contributed by atoms with van der Waals surface area (Å²) in [5, 5.41) is 23.0. The molecule has 28 heavy (non-hydrogen) atoms. The second kappa shape index (κ2) is 7.72. The standard InChI is InChI=1S/C21H24ClN3O3/c1-12-5-8-24-21-15(12)6-9-25(21)16-11-18(20(27)19(16)26)28-17-3-2-14(22)10-13(17)4-7-23/h2-3,5-6,8-10,16,18-20,26-27H,4,7,11,23H2,1H3/t16-,18+,19+,20-/m1/s1. The molecule has 4 N–H and O–H groups in total. The molecule has 1 aliphatic rings. The SMILES string of the molecule is Cc1ccnc2c1ccn2[C@@H]1C[C@H](Oc2ccc(Cl)cc2CCN)[C@@H](O)[C@H]1O. The van der Waals surface area contributed by atoms with E-state index in [-0.39, 0.29) is 6.04 Å². The van der Waals surface area contributed by atoms with Crippen LogP contribution in [0.5, 0.6) is 5.75 Å². The van der Waals surface area contributed by atoms with Crippen LogP contribution >= 0.6 is 11.6 Å². The Morgan fingerprint density at radius 1 is 1.25 bits per heavy atom. The van der Waals surface area contributed by atoms with Crippen molar-refractivity contribution in [1.29, 1.82) is 0 Å². The van der Waals surface area contributed by atoms with Crippen LogP contribution in [0.25, 0.3) is 11.0 Å². The molecule has 4 rings (SSSR count). The van der Waals surface area contributed by atoms with E-state index in [0.717, 1.165) is 22.2 Å². The maximum Gasteiger partial charge on any atom is 0.140 e. The number of hydrogen-bond donors (Lipinski definition) is 3. The van der Waals surface area contributed by atoms with Crippen LogP contribution in [0.1, 0.15) is 23.6 Å². The lowest BCUT2D eigenvalue weighted by molar-refractivity contribution is -0.0165. The second-order valence-corrected chi connectivity index (χ2v) is 7.76. The average molecular weight is 402 g/mol. The number of benzene rings is 1. The Kier molecular flexibility index (Phi) is 5.29. The molecule has 1 aliphatic carbocycles. The Morgan fingerprint density at radius 2 is 2.07 bits per heavy atom. The molecule has 0 bridgehead atoms. The van der Waals surface area contributed by atoms with Crippen molar-refractivity contribution in [1.82, 2.24) is 9.55 Å². The molecule has 1 aromatic carbocycles. The van der Waals surface area contributed by atoms with Crippen molar-refractivity contribution in [3.63, 3.8) is 0 Å². The number of fused-ring (bicyclic) bond motifs is 1. The number of ether oxygens (including phenoxy) is 1. The van der Waals surface area contributed by atoms with Crippen LogP contribution in [0.15, 0.2) is 42.7 Å². The van der Waals surface area contributed by atoms with Gasteiger partial charge in [-0.3, -0.25) is 0 Å². The number of halogens is 1. The van der Waals surface area contributed by atoms with Gasteiger partial charge in [-0.2, -0.15) is 0 Å². The van der Waals surface area contributed by atoms with Crippen molar-refractivity contribution in [3.05, 3.63) is 58.9 Å². The van der Waals surface area contributed by atoms with Crippen molar-refractivity contribution >= 4 is 22.6 Å². The number of aliphatic hydroxyl groups excluding tert-OH is 2. The van der Waals surface area contributed by atoms with Gasteiger partial charge in [0.2, 0.25) is 0 Å². The van der Waals surface area contributed by atoms with Crippen LogP contribution in [0.3, 0.4) is 0 Å². The molecule has 7 heteroatoms. The van der Waals surface area contributed by atoms with Gasteiger partial charge < -0.3 is 25.3 Å². The van der Waals surface area contributed by atoms with Gasteiger partial charge in [0.25, 0.3) is 0 Å². The predicted molar refractivity (Wildman–Crippen MR) is 109 cm³/mol. The molecule has 0 radical (unpaired) electrons. The van der Waals surface area contributed by atoms with E-state index >= 15 is 0 Å². The lowest BCUT2D eigenvalue weighted by Gasteiger charge is -2.20. The van der Waals surface area contributed by atoms with Gasteiger partial charge in [0, 0.05) is 29.2 Å². The van der Waals surface area contributed by atoms with E-state index in [1.165, 1.54) is 0 Å². The molecular formula is C21H24ClN3O3. The average Bonchev–Trinajstić information content (AvgIpc) is 3.21. The van der Waals surface area contributed by atoms with E-state index in [9.17, 15) is 10.2 Å². The van der Waals surface area contributed by atoms with E-state index in [2.05, 4.69) is 4.98 Å². The van der Waals surface area contributed by atoms with Crippen LogP contribution in [-0.4, -0.2) is 44.6 Å². The summed E-state index contributed by atoms with van der Waals surface area (Å²) in [6, 6.07) is 8.98. The summed E-state index contributed by atoms with van der Waals surface area (Å²) in [5.74, 6) is 0.637. The van der Waals surface area contributed by atoms with Crippen LogP contribution < -0.4 is 10.5 Å². The lowest BCUT2D eigenvalue weighted by Crippen LogP contribution is -2.34. The number of pyridine rings is 1. The minimum Gasteiger partial charge on any atom is -0.487 e. The third-order valence-electron chi connectivity index (χ3n) is 5.50. The zero-order valence-electron chi connectivity index (χ0n) is 15.6. The first-order chi connectivity index (χ1) is 13.5. The molecule has 4 atom stereocenters. The van der Waals surface area contributed by atoms with Crippen LogP contribution in [0.4, 0.5) is 0 Å². The van der Waals surface area contributed by atoms with Gasteiger partial charge in [0.1, 0.15) is 29.7 Å². The molecule has 0 unspecified atom stereocenters. The minimum absolute atomic E-state index is 0.322. The van der Waals surface area contributed by atoms with Gasteiger partial charge >= 0.3 is 0 Å². The van der Waals surface area contributed by atoms with Crippen LogP contribution in [0, 0.1) is 6.92 Å². The van der Waals surface area contributed by atoms with E-state index in [1.807, 2.05) is 35.9 Å². The fourth-order valence-corrected chi connectivity index (χ4v) is 4.19. The van der Waals surface area contributed by atoms with Crippen molar-refractivity contribution in [2.45, 2.75) is 44.1 Å². The Morgan fingerprint density at radius 3 is 2.86 bits per heavy atom. The molecule has 0 spiro atoms. The van der Waals surface area contributed by atoms with E-state index in [0.29, 0.717) is 30.2 Å². The fraction of sp³-hybridized carbons (Fsp3) is 0.381. The predicted octanol–water partition coefficient (Wildman–Crippen LogP) is 2.61. The van der Waals surface area contributed by atoms with Crippen molar-refractivity contribution in [3.8, 4) is 5.75 Å². The summed E-state index contributed by atoms with van der Waals surface area (Å²) in [6.45, 7) is 2.50. The number of nitrogens with zero attached hydrogens (tertiary/aromatic N) is 2. The van der Waals surface area contributed by atoms with Gasteiger partial charge in [0.15, 0.2) is 0 Å². The smallest absolute Gasteiger partial charge is 0.140 e. The van der Waals surface area contributed by atoms with Crippen molar-refractivity contribution in [2.24, 2.45) is 5.73 Å². The third kappa shape index (κ3) is 3.37. The highest BCUT2D eigenvalue weighted by atomic mass is 35.5. The van der Waals surface area contributed by atoms with E-state index in [1.54, 1.807) is 18.3 Å². The van der Waals surface area contributed by atoms with Crippen molar-refractivity contribution in [2.75, 3.05) is 6.54 Å². The summed E-state index contributed by atoms with van der Waals surface area (Å²) in [7, 11) is 0. The van der Waals surface area contributed by atoms with Gasteiger partial charge in [0.05, 0.1) is 6.04 Å². The molecule has 6 nitrogen and oxygen atoms in total. The molecule has 1 saturated carbocycles. The zero-order chi connectivity index (χ0) is 19.8. The van der Waals surface area contributed by atoms with Gasteiger partial charge in [-0.1, -0.05) is 11.6 Å². The molecule has 0 saturated heterocycles. The first-order valence-corrected chi connectivity index (χ1v) is 9.81. The number of aliphatic hydroxyl groups is 2. The fourth-order valence-electron chi connectivity index (χ4n) is 4.00. The highest BCUT2D eigenvalue weighted by Gasteiger charge is 2.44. The Balaban J connectivity index is 1.61. The molecule has 148 valence electrons. The first-order valence-electron chi connectivity index (χ1n) is 9.43. The monoisotopic (exact) mass is 401 g/mol. The van der Waals surface area contributed by atoms with E-state index < -0.39 is 18.3 Å². The number of hydrogen-bond acceptors (Lipinski definition) is 5. The molecular weight excluding hydrogens is 378 g/mol. The molecule has 0 amide bonds. The largest absolute Gasteiger partial charge is 0.487 e. The van der Waals surface area contributed by atoms with Crippen LogP contribution in [0.2, 0.25) is 5.02 Å². The third-order valence-corrected chi connectivity index (χ3v) is 5.74. The van der Waals surface area contributed by atoms with Gasteiger partial charge in [-0.05, 0) is 61.3 Å². The van der Waals surface area contributed by atoms with Gasteiger partial charge in [-0.25, -0.2) is 4.98 Å². The summed E-state index contributed by atoms with van der Waals surface area (Å²) in [4.78, 5) is 4.46. The molecule has 2 heterocycles. The Bertz CT molecular complexity index is 990. The van der Waals surface area contributed by atoms with Gasteiger partial charge in [-0.15, -0.1) is 0 Å². The lowest BCUT2D eigenvalue weighted by atomic mass is 10.1. The minimum atomic E-state index is -1.01. The van der Waals surface area contributed by atoms with Crippen LogP contribution in [-0.2, 0) is 6.42 Å². The zero-order valence-corrected chi connectivity index (χ0v) is 16.4. The molecule has 0 aliphatic heterocycles. The summed E-state index contributed by atoms with van der Waals surface area (Å²) in [5.41, 5.74) is 8.50. The summed E-state index contributed by atoms with van der Waals surface area (Å²) >= 11 is 6.08. The molecule has 1 fully saturated rings.